The van der Waals surface area contributed by atoms with E-state index in [4.69, 9.17) is 9.47 Å². The second-order valence-corrected chi connectivity index (χ2v) is 11.0. The molecule has 2 amide bonds. The topological polar surface area (TPSA) is 94.9 Å². The summed E-state index contributed by atoms with van der Waals surface area (Å²) in [5.41, 5.74) is 1.16. The molecule has 0 aliphatic carbocycles. The highest BCUT2D eigenvalue weighted by Crippen LogP contribution is 2.34. The van der Waals surface area contributed by atoms with Gasteiger partial charge >= 0.3 is 6.09 Å². The molecule has 1 heterocycles. The third kappa shape index (κ3) is 6.52. The molecule has 1 saturated heterocycles. The number of ether oxygens (including phenoxy) is 2. The number of hydrogen-bond acceptors (Lipinski definition) is 6. The number of benzene rings is 3. The van der Waals surface area contributed by atoms with Crippen LogP contribution in [0.1, 0.15) is 49.9 Å². The summed E-state index contributed by atoms with van der Waals surface area (Å²) in [5, 5.41) is 14.4. The van der Waals surface area contributed by atoms with Crippen molar-refractivity contribution >= 4 is 22.8 Å². The summed E-state index contributed by atoms with van der Waals surface area (Å²) in [4.78, 5) is 30.1. The first-order valence-corrected chi connectivity index (χ1v) is 13.2. The minimum Gasteiger partial charge on any atom is -0.495 e. The van der Waals surface area contributed by atoms with Gasteiger partial charge in [0.15, 0.2) is 0 Å². The largest absolute Gasteiger partial charge is 0.495 e. The second kappa shape index (κ2) is 11.9. The Bertz CT molecular complexity index is 1430. The zero-order chi connectivity index (χ0) is 29.0. The van der Waals surface area contributed by atoms with E-state index in [9.17, 15) is 19.2 Å². The number of nitrogens with zero attached hydrogens (tertiary/aromatic N) is 3. The van der Waals surface area contributed by atoms with Crippen LogP contribution in [0.2, 0.25) is 0 Å². The van der Waals surface area contributed by atoms with E-state index in [0.29, 0.717) is 36.4 Å². The van der Waals surface area contributed by atoms with E-state index in [1.165, 1.54) is 19.2 Å². The molecule has 3 aromatic carbocycles. The van der Waals surface area contributed by atoms with Gasteiger partial charge in [-0.3, -0.25) is 9.69 Å². The van der Waals surface area contributed by atoms with Crippen LogP contribution in [0.4, 0.5) is 9.18 Å². The third-order valence-corrected chi connectivity index (χ3v) is 6.93. The lowest BCUT2D eigenvalue weighted by Gasteiger charge is -2.31. The summed E-state index contributed by atoms with van der Waals surface area (Å²) in [6.45, 7) is 6.59. The van der Waals surface area contributed by atoms with Crippen LogP contribution in [-0.4, -0.2) is 60.7 Å². The normalized spacial score (nSPS) is 16.3. The van der Waals surface area contributed by atoms with E-state index in [1.807, 2.05) is 29.2 Å². The smallest absolute Gasteiger partial charge is 0.407 e. The van der Waals surface area contributed by atoms with Crippen LogP contribution in [-0.2, 0) is 16.1 Å². The number of rotatable bonds is 7. The van der Waals surface area contributed by atoms with Gasteiger partial charge in [-0.25, -0.2) is 9.18 Å². The molecule has 1 aliphatic heterocycles. The molecule has 3 aromatic rings. The van der Waals surface area contributed by atoms with Gasteiger partial charge in [0, 0.05) is 38.3 Å². The Morgan fingerprint density at radius 2 is 1.90 bits per heavy atom. The summed E-state index contributed by atoms with van der Waals surface area (Å²) in [6.07, 6.45) is 0.133. The van der Waals surface area contributed by atoms with Crippen molar-refractivity contribution in [1.82, 2.24) is 15.1 Å². The van der Waals surface area contributed by atoms with Crippen molar-refractivity contribution < 1.29 is 23.5 Å². The zero-order valence-electron chi connectivity index (χ0n) is 23.5. The number of nitrogens with one attached hydrogen (secondary N) is 1. The van der Waals surface area contributed by atoms with Crippen molar-refractivity contribution in [2.24, 2.45) is 0 Å². The molecule has 1 aliphatic rings. The standard InChI is InChI=1S/C31H35FN4O4/c1-31(2,3)40-30(38)34-24-14-15-36(18-24)27(20-10-12-23(32)13-11-20)29(37)35(4)19-26-25-9-7-6-8-21(25)16-22(17-33)28(26)39-5/h6-13,16,24,27H,14-15,18-19H2,1-5H3,(H,34,38). The number of fused-ring (bicyclic) bond motifs is 1. The minimum absolute atomic E-state index is 0.196. The van der Waals surface area contributed by atoms with E-state index in [1.54, 1.807) is 50.9 Å². The van der Waals surface area contributed by atoms with Crippen LogP contribution in [0, 0.1) is 17.1 Å². The average Bonchev–Trinajstić information content (AvgIpc) is 3.35. The van der Waals surface area contributed by atoms with Gasteiger partial charge in [0.25, 0.3) is 0 Å². The number of amides is 2. The summed E-state index contributed by atoms with van der Waals surface area (Å²) in [6, 6.07) is 16.7. The molecule has 1 fully saturated rings. The predicted molar refractivity (Wildman–Crippen MR) is 150 cm³/mol. The van der Waals surface area contributed by atoms with E-state index in [2.05, 4.69) is 11.4 Å². The van der Waals surface area contributed by atoms with Gasteiger partial charge in [0.2, 0.25) is 5.91 Å². The molecule has 0 aromatic heterocycles. The Morgan fingerprint density at radius 3 is 2.55 bits per heavy atom. The zero-order valence-corrected chi connectivity index (χ0v) is 23.5. The molecule has 0 bridgehead atoms. The molecule has 0 saturated carbocycles. The predicted octanol–water partition coefficient (Wildman–Crippen LogP) is 5.16. The Hall–Kier alpha value is -4.16. The monoisotopic (exact) mass is 546 g/mol. The molecule has 210 valence electrons. The van der Waals surface area contributed by atoms with Crippen molar-refractivity contribution in [3.8, 4) is 11.8 Å². The van der Waals surface area contributed by atoms with Gasteiger partial charge < -0.3 is 19.7 Å². The Kier molecular flexibility index (Phi) is 8.60. The van der Waals surface area contributed by atoms with Crippen molar-refractivity contribution in [2.45, 2.75) is 51.4 Å². The summed E-state index contributed by atoms with van der Waals surface area (Å²) < 4.78 is 24.8. The van der Waals surface area contributed by atoms with Crippen LogP contribution in [0.3, 0.4) is 0 Å². The van der Waals surface area contributed by atoms with E-state index in [0.717, 1.165) is 16.3 Å². The average molecular weight is 547 g/mol. The fourth-order valence-electron chi connectivity index (χ4n) is 5.17. The lowest BCUT2D eigenvalue weighted by atomic mass is 9.98. The highest BCUT2D eigenvalue weighted by atomic mass is 19.1. The first-order valence-electron chi connectivity index (χ1n) is 13.2. The van der Waals surface area contributed by atoms with Crippen LogP contribution in [0.15, 0.2) is 54.6 Å². The number of likely N-dealkylation sites (N-methyl/N-ethyl adjacent to an activating group) is 1. The molecule has 9 heteroatoms. The SMILES string of the molecule is COc1c(C#N)cc2ccccc2c1CN(C)C(=O)C(c1ccc(F)cc1)N1CCC(NC(=O)OC(C)(C)C)C1. The van der Waals surface area contributed by atoms with Crippen molar-refractivity contribution in [2.75, 3.05) is 27.2 Å². The molecule has 2 unspecified atom stereocenters. The maximum absolute atomic E-state index is 14.1. The van der Waals surface area contributed by atoms with Gasteiger partial charge in [-0.05, 0) is 61.7 Å². The molecular weight excluding hydrogens is 511 g/mol. The Balaban J connectivity index is 1.62. The molecule has 0 spiro atoms. The minimum atomic E-state index is -0.701. The summed E-state index contributed by atoms with van der Waals surface area (Å²) in [5.74, 6) is -0.154. The fourth-order valence-corrected chi connectivity index (χ4v) is 5.17. The first kappa shape index (κ1) is 28.8. The Labute approximate surface area is 234 Å². The highest BCUT2D eigenvalue weighted by molar-refractivity contribution is 5.91. The first-order chi connectivity index (χ1) is 19.0. The second-order valence-electron chi connectivity index (χ2n) is 11.0. The lowest BCUT2D eigenvalue weighted by Crippen LogP contribution is -2.43. The van der Waals surface area contributed by atoms with E-state index >= 15 is 0 Å². The number of methoxy groups -OCH3 is 1. The van der Waals surface area contributed by atoms with Crippen LogP contribution in [0.25, 0.3) is 10.8 Å². The van der Waals surface area contributed by atoms with Gasteiger partial charge in [-0.2, -0.15) is 5.26 Å². The Morgan fingerprint density at radius 1 is 1.20 bits per heavy atom. The summed E-state index contributed by atoms with van der Waals surface area (Å²) in [7, 11) is 3.22. The number of carbonyl (C=O) groups is 2. The van der Waals surface area contributed by atoms with Gasteiger partial charge in [-0.1, -0.05) is 36.4 Å². The molecule has 2 atom stereocenters. The number of alkyl carbamates (subject to hydrolysis) is 1. The van der Waals surface area contributed by atoms with Crippen LogP contribution < -0.4 is 10.1 Å². The number of carbonyl (C=O) groups excluding carboxylic acids is 2. The van der Waals surface area contributed by atoms with Crippen molar-refractivity contribution in [3.05, 3.63) is 77.1 Å². The third-order valence-electron chi connectivity index (χ3n) is 6.93. The van der Waals surface area contributed by atoms with Crippen molar-refractivity contribution in [1.29, 1.82) is 5.26 Å². The van der Waals surface area contributed by atoms with E-state index < -0.39 is 23.6 Å². The molecule has 0 radical (unpaired) electrons. The van der Waals surface area contributed by atoms with Crippen LogP contribution >= 0.6 is 0 Å². The van der Waals surface area contributed by atoms with Gasteiger partial charge in [0.1, 0.15) is 29.3 Å². The molecular formula is C31H35FN4O4. The highest BCUT2D eigenvalue weighted by Gasteiger charge is 2.36. The molecule has 8 nitrogen and oxygen atoms in total. The van der Waals surface area contributed by atoms with Gasteiger partial charge in [-0.15, -0.1) is 0 Å². The lowest BCUT2D eigenvalue weighted by molar-refractivity contribution is -0.136. The number of hydrogen-bond donors (Lipinski definition) is 1. The van der Waals surface area contributed by atoms with Gasteiger partial charge in [0.05, 0.1) is 12.7 Å². The quantitative estimate of drug-likeness (QED) is 0.440. The summed E-state index contributed by atoms with van der Waals surface area (Å²) >= 11 is 0. The van der Waals surface area contributed by atoms with Crippen molar-refractivity contribution in [3.63, 3.8) is 0 Å². The fraction of sp³-hybridized carbons (Fsp3) is 0.387. The molecule has 40 heavy (non-hydrogen) atoms. The van der Waals surface area contributed by atoms with Crippen LogP contribution in [0.5, 0.6) is 5.75 Å². The molecule has 1 N–H and O–H groups in total. The number of likely N-dealkylation sites (tertiary alicyclic amines) is 1. The maximum Gasteiger partial charge on any atom is 0.407 e. The number of nitriles is 1. The maximum atomic E-state index is 14.1. The van der Waals surface area contributed by atoms with E-state index in [-0.39, 0.29) is 18.5 Å². The molecule has 4 rings (SSSR count). The number of halogens is 1.